The molecule has 2 nitrogen and oxygen atoms in total. The van der Waals surface area contributed by atoms with Crippen molar-refractivity contribution < 1.29 is 9.47 Å². The monoisotopic (exact) mass is 107 g/mol. The van der Waals surface area contributed by atoms with Gasteiger partial charge in [-0.1, -0.05) is 13.3 Å². The van der Waals surface area contributed by atoms with Crippen molar-refractivity contribution in [2.45, 2.75) is 26.0 Å². The molecule has 1 atom stereocenters. The zero-order valence-corrected chi connectivity index (χ0v) is 4.36. The maximum atomic E-state index is 10.9. The Labute approximate surface area is 42.4 Å². The molecular weight excluding hydrogens is 97.0 g/mol. The fourth-order valence-corrected chi connectivity index (χ4v) is 0.329. The molecule has 0 rings (SSSR count). The van der Waals surface area contributed by atoms with Crippen LogP contribution in [0, 0.1) is 0 Å². The lowest BCUT2D eigenvalue weighted by Crippen LogP contribution is -2.19. The Balaban J connectivity index is 2.83. The fourth-order valence-electron chi connectivity index (χ4n) is 0.329. The second kappa shape index (κ2) is 4.02. The third-order valence-corrected chi connectivity index (χ3v) is 0.688. The zero-order chi connectivity index (χ0) is 5.70. The van der Waals surface area contributed by atoms with Crippen LogP contribution >= 0.6 is 0 Å². The van der Waals surface area contributed by atoms with Crippen molar-refractivity contribution in [1.29, 1.82) is 0 Å². The van der Waals surface area contributed by atoms with Gasteiger partial charge in [0.2, 0.25) is 0 Å². The van der Waals surface area contributed by atoms with Crippen LogP contribution in [0.4, 0.5) is 4.53 Å². The quantitative estimate of drug-likeness (QED) is 0.545. The molecular formula is C4H10FNO. The minimum absolute atomic E-state index is 0.580. The Kier molecular flexibility index (Phi) is 3.93. The average Bonchev–Trinajstić information content (AvgIpc) is 1.68. The maximum Gasteiger partial charge on any atom is 0.146 e. The minimum atomic E-state index is -0.718. The third-order valence-electron chi connectivity index (χ3n) is 0.688. The summed E-state index contributed by atoms with van der Waals surface area (Å²) in [5.74, 6) is 0. The Hall–Kier alpha value is -0.150. The van der Waals surface area contributed by atoms with Crippen LogP contribution in [-0.4, -0.2) is 6.23 Å². The van der Waals surface area contributed by atoms with E-state index in [-0.39, 0.29) is 0 Å². The van der Waals surface area contributed by atoms with Gasteiger partial charge in [0.1, 0.15) is 6.23 Å². The Morgan fingerprint density at radius 1 is 1.86 bits per heavy atom. The number of nitrogens with two attached hydrogens (primary N) is 1. The van der Waals surface area contributed by atoms with E-state index in [0.29, 0.717) is 6.42 Å². The van der Waals surface area contributed by atoms with E-state index in [1.807, 2.05) is 6.92 Å². The van der Waals surface area contributed by atoms with E-state index in [9.17, 15) is 4.53 Å². The first kappa shape index (κ1) is 6.85. The molecule has 0 aliphatic rings. The van der Waals surface area contributed by atoms with Gasteiger partial charge in [-0.3, -0.25) is 0 Å². The van der Waals surface area contributed by atoms with Crippen molar-refractivity contribution >= 4 is 0 Å². The molecule has 44 valence electrons. The van der Waals surface area contributed by atoms with Crippen LogP contribution in [0.15, 0.2) is 0 Å². The van der Waals surface area contributed by atoms with Gasteiger partial charge in [-0.15, -0.1) is 0 Å². The van der Waals surface area contributed by atoms with Crippen molar-refractivity contribution in [3.63, 3.8) is 0 Å². The summed E-state index contributed by atoms with van der Waals surface area (Å²) >= 11 is 0. The van der Waals surface area contributed by atoms with Crippen molar-refractivity contribution in [1.82, 2.24) is 0 Å². The van der Waals surface area contributed by atoms with E-state index in [4.69, 9.17) is 5.73 Å². The summed E-state index contributed by atoms with van der Waals surface area (Å²) in [4.78, 5) is 3.27. The average molecular weight is 107 g/mol. The van der Waals surface area contributed by atoms with Gasteiger partial charge in [-0.05, 0) is 10.9 Å². The largest absolute Gasteiger partial charge is 0.303 e. The van der Waals surface area contributed by atoms with Crippen LogP contribution < -0.4 is 5.73 Å². The first-order valence-corrected chi connectivity index (χ1v) is 2.34. The molecule has 0 spiro atoms. The molecule has 0 aromatic carbocycles. The van der Waals surface area contributed by atoms with Crippen LogP contribution in [0.1, 0.15) is 19.8 Å². The summed E-state index contributed by atoms with van der Waals surface area (Å²) in [6.07, 6.45) is 0.715. The second-order valence-electron chi connectivity index (χ2n) is 1.42. The molecule has 0 saturated heterocycles. The van der Waals surface area contributed by atoms with Gasteiger partial charge in [-0.2, -0.15) is 4.94 Å². The van der Waals surface area contributed by atoms with Gasteiger partial charge in [0.25, 0.3) is 0 Å². The van der Waals surface area contributed by atoms with E-state index >= 15 is 0 Å². The number of hydrogen-bond acceptors (Lipinski definition) is 2. The van der Waals surface area contributed by atoms with Crippen molar-refractivity contribution in [3.8, 4) is 0 Å². The van der Waals surface area contributed by atoms with E-state index in [1.165, 1.54) is 0 Å². The van der Waals surface area contributed by atoms with Crippen LogP contribution in [0.3, 0.4) is 0 Å². The third kappa shape index (κ3) is 3.69. The first-order chi connectivity index (χ1) is 3.31. The molecule has 0 heterocycles. The Morgan fingerprint density at radius 2 is 2.43 bits per heavy atom. The normalized spacial score (nSPS) is 14.1. The van der Waals surface area contributed by atoms with E-state index in [2.05, 4.69) is 4.94 Å². The lowest BCUT2D eigenvalue weighted by molar-refractivity contribution is -0.178. The molecule has 3 heteroatoms. The number of rotatable bonds is 3. The van der Waals surface area contributed by atoms with E-state index in [0.717, 1.165) is 6.42 Å². The van der Waals surface area contributed by atoms with Crippen LogP contribution in [0.5, 0.6) is 0 Å². The summed E-state index contributed by atoms with van der Waals surface area (Å²) in [5, 5.41) is 0. The number of hydrogen-bond donors (Lipinski definition) is 1. The van der Waals surface area contributed by atoms with Gasteiger partial charge in [0.05, 0.1) is 0 Å². The molecule has 2 N–H and O–H groups in total. The smallest absolute Gasteiger partial charge is 0.146 e. The van der Waals surface area contributed by atoms with Gasteiger partial charge < -0.3 is 5.73 Å². The lowest BCUT2D eigenvalue weighted by atomic mass is 10.3. The molecule has 0 amide bonds. The second-order valence-corrected chi connectivity index (χ2v) is 1.42. The lowest BCUT2D eigenvalue weighted by Gasteiger charge is -1.99. The highest BCUT2D eigenvalue weighted by Gasteiger charge is 1.96. The van der Waals surface area contributed by atoms with Gasteiger partial charge in [0.15, 0.2) is 0 Å². The summed E-state index contributed by atoms with van der Waals surface area (Å²) < 4.78 is 10.9. The molecule has 0 aromatic rings. The summed E-state index contributed by atoms with van der Waals surface area (Å²) in [5.41, 5.74) is 4.99. The highest BCUT2D eigenvalue weighted by atomic mass is 19.3. The summed E-state index contributed by atoms with van der Waals surface area (Å²) in [7, 11) is 0. The SMILES string of the molecule is CCCC(N)OF. The van der Waals surface area contributed by atoms with Crippen LogP contribution in [-0.2, 0) is 4.94 Å². The molecule has 1 unspecified atom stereocenters. The molecule has 0 bridgehead atoms. The highest BCUT2D eigenvalue weighted by molar-refractivity contribution is 4.40. The van der Waals surface area contributed by atoms with E-state index < -0.39 is 6.23 Å². The van der Waals surface area contributed by atoms with Crippen molar-refractivity contribution in [2.75, 3.05) is 0 Å². The predicted octanol–water partition coefficient (Wildman–Crippen LogP) is 0.972. The molecule has 0 fully saturated rings. The van der Waals surface area contributed by atoms with E-state index in [1.54, 1.807) is 0 Å². The molecule has 0 radical (unpaired) electrons. The highest BCUT2D eigenvalue weighted by Crippen LogP contribution is 1.93. The standard InChI is InChI=1S/C4H10FNO/c1-2-3-4(6)7-5/h4H,2-3,6H2,1H3. The molecule has 7 heavy (non-hydrogen) atoms. The zero-order valence-electron chi connectivity index (χ0n) is 4.36. The Morgan fingerprint density at radius 3 is 2.57 bits per heavy atom. The van der Waals surface area contributed by atoms with Crippen LogP contribution in [0.25, 0.3) is 0 Å². The summed E-state index contributed by atoms with van der Waals surface area (Å²) in [6, 6.07) is 0. The molecule has 0 aliphatic carbocycles. The minimum Gasteiger partial charge on any atom is -0.303 e. The molecule has 0 aliphatic heterocycles. The number of halogens is 1. The van der Waals surface area contributed by atoms with Crippen LogP contribution in [0.2, 0.25) is 0 Å². The van der Waals surface area contributed by atoms with Crippen molar-refractivity contribution in [2.24, 2.45) is 5.73 Å². The predicted molar refractivity (Wildman–Crippen MR) is 25.1 cm³/mol. The topological polar surface area (TPSA) is 35.2 Å². The van der Waals surface area contributed by atoms with Gasteiger partial charge >= 0.3 is 0 Å². The molecule has 0 aromatic heterocycles. The van der Waals surface area contributed by atoms with Gasteiger partial charge in [0, 0.05) is 0 Å². The molecule has 0 saturated carbocycles. The van der Waals surface area contributed by atoms with Crippen molar-refractivity contribution in [3.05, 3.63) is 0 Å². The summed E-state index contributed by atoms with van der Waals surface area (Å²) in [6.45, 7) is 1.92. The fraction of sp³-hybridized carbons (Fsp3) is 1.00. The first-order valence-electron chi connectivity index (χ1n) is 2.34. The Bertz CT molecular complexity index is 42.7. The van der Waals surface area contributed by atoms with Gasteiger partial charge in [-0.25, -0.2) is 0 Å². The maximum absolute atomic E-state index is 10.9.